The fourth-order valence-electron chi connectivity index (χ4n) is 11.1. The Labute approximate surface area is 347 Å². The number of carbonyl (C=O) groups excluding carboxylic acids is 5. The van der Waals surface area contributed by atoms with Crippen LogP contribution < -0.4 is 19.9 Å². The highest BCUT2D eigenvalue weighted by Crippen LogP contribution is 2.53. The predicted octanol–water partition coefficient (Wildman–Crippen LogP) is 4.87. The SMILES string of the molecule is N#Cc1ccc(OC2C[C@H]3CC[C@@H](C2)N3C(=O)c2ccc(N3CCN(CC4CC5(C4)CN(c4ccc6c(c4)C(=O)N(C4CCC(=O)NC4=O)C6=O)C5)CC3)cc2)cc1Cl. The number of piperidine rings is 2. The van der Waals surface area contributed by atoms with Crippen LogP contribution in [0.2, 0.25) is 5.02 Å². The Kier molecular flexibility index (Phi) is 9.40. The Balaban J connectivity index is 0.668. The Hall–Kier alpha value is -5.45. The Morgan fingerprint density at radius 1 is 0.831 bits per heavy atom. The predicted molar refractivity (Wildman–Crippen MR) is 218 cm³/mol. The number of imide groups is 2. The van der Waals surface area contributed by atoms with E-state index >= 15 is 0 Å². The summed E-state index contributed by atoms with van der Waals surface area (Å²) in [5.41, 5.74) is 4.16. The zero-order chi connectivity index (χ0) is 40.6. The lowest BCUT2D eigenvalue weighted by molar-refractivity contribution is -0.136. The van der Waals surface area contributed by atoms with Gasteiger partial charge in [-0.15, -0.1) is 0 Å². The van der Waals surface area contributed by atoms with Crippen molar-refractivity contribution in [2.75, 3.05) is 55.6 Å². The van der Waals surface area contributed by atoms with Crippen molar-refractivity contribution in [2.24, 2.45) is 11.3 Å². The number of nitrogens with zero attached hydrogens (tertiary/aromatic N) is 6. The Bertz CT molecular complexity index is 2280. The third-order valence-corrected chi connectivity index (χ3v) is 14.3. The van der Waals surface area contributed by atoms with Crippen LogP contribution in [0.1, 0.15) is 88.0 Å². The van der Waals surface area contributed by atoms with Crippen molar-refractivity contribution in [1.29, 1.82) is 5.26 Å². The van der Waals surface area contributed by atoms with Crippen LogP contribution in [0.15, 0.2) is 60.7 Å². The first-order chi connectivity index (χ1) is 28.5. The summed E-state index contributed by atoms with van der Waals surface area (Å²) in [6.07, 6.45) is 6.13. The van der Waals surface area contributed by atoms with Crippen LogP contribution >= 0.6 is 11.6 Å². The highest BCUT2D eigenvalue weighted by molar-refractivity contribution is 6.31. The molecule has 7 aliphatic rings. The summed E-state index contributed by atoms with van der Waals surface area (Å²) in [6.45, 7) is 6.85. The van der Waals surface area contributed by atoms with Crippen LogP contribution in [0.3, 0.4) is 0 Å². The van der Waals surface area contributed by atoms with Gasteiger partial charge in [0.25, 0.3) is 17.7 Å². The molecule has 10 rings (SSSR count). The molecule has 3 aromatic carbocycles. The summed E-state index contributed by atoms with van der Waals surface area (Å²) < 4.78 is 6.27. The van der Waals surface area contributed by atoms with Crippen molar-refractivity contribution in [3.05, 3.63) is 87.9 Å². The molecule has 1 saturated carbocycles. The van der Waals surface area contributed by atoms with Gasteiger partial charge in [0.15, 0.2) is 0 Å². The number of carbonyl (C=O) groups is 5. The number of hydrogen-bond donors (Lipinski definition) is 1. The van der Waals surface area contributed by atoms with Gasteiger partial charge in [-0.2, -0.15) is 5.26 Å². The van der Waals surface area contributed by atoms with Crippen molar-refractivity contribution in [3.8, 4) is 11.8 Å². The molecular formula is C45H46ClN7O6. The number of nitrogens with one attached hydrogen (secondary N) is 1. The summed E-state index contributed by atoms with van der Waals surface area (Å²) in [5.74, 6) is -0.513. The number of fused-ring (bicyclic) bond motifs is 3. The normalized spacial score (nSPS) is 26.4. The zero-order valence-corrected chi connectivity index (χ0v) is 33.5. The lowest BCUT2D eigenvalue weighted by Gasteiger charge is -2.60. The second kappa shape index (κ2) is 14.7. The lowest BCUT2D eigenvalue weighted by atomic mass is 9.57. The molecule has 14 heteroatoms. The first kappa shape index (κ1) is 37.8. The molecule has 3 aromatic rings. The molecular weight excluding hydrogens is 770 g/mol. The first-order valence-electron chi connectivity index (χ1n) is 20.9. The second-order valence-corrected chi connectivity index (χ2v) is 18.1. The van der Waals surface area contributed by atoms with E-state index in [0.717, 1.165) is 93.3 Å². The molecule has 6 aliphatic heterocycles. The zero-order valence-electron chi connectivity index (χ0n) is 32.8. The fourth-order valence-corrected chi connectivity index (χ4v) is 11.3. The molecule has 304 valence electrons. The molecule has 5 saturated heterocycles. The summed E-state index contributed by atoms with van der Waals surface area (Å²) in [5, 5.41) is 11.8. The van der Waals surface area contributed by atoms with Crippen LogP contribution in [0, 0.1) is 22.7 Å². The van der Waals surface area contributed by atoms with Gasteiger partial charge in [-0.3, -0.25) is 39.1 Å². The Morgan fingerprint density at radius 2 is 1.53 bits per heavy atom. The molecule has 59 heavy (non-hydrogen) atoms. The molecule has 13 nitrogen and oxygen atoms in total. The minimum absolute atomic E-state index is 0.00441. The highest BCUT2D eigenvalue weighted by Gasteiger charge is 2.53. The van der Waals surface area contributed by atoms with E-state index in [4.69, 9.17) is 16.3 Å². The largest absolute Gasteiger partial charge is 0.490 e. The highest BCUT2D eigenvalue weighted by atomic mass is 35.5. The van der Waals surface area contributed by atoms with Gasteiger partial charge in [0.05, 0.1) is 21.7 Å². The van der Waals surface area contributed by atoms with Gasteiger partial charge in [0.1, 0.15) is 24.0 Å². The number of nitriles is 1. The maximum absolute atomic E-state index is 13.8. The molecule has 0 aromatic heterocycles. The van der Waals surface area contributed by atoms with Gasteiger partial charge >= 0.3 is 0 Å². The molecule has 2 unspecified atom stereocenters. The van der Waals surface area contributed by atoms with Crippen LogP contribution in [-0.2, 0) is 9.59 Å². The average Bonchev–Trinajstić information content (AvgIpc) is 3.62. The van der Waals surface area contributed by atoms with Gasteiger partial charge in [-0.25, -0.2) is 0 Å². The number of anilines is 2. The molecule has 1 N–H and O–H groups in total. The van der Waals surface area contributed by atoms with E-state index in [9.17, 15) is 29.2 Å². The molecule has 1 aliphatic carbocycles. The van der Waals surface area contributed by atoms with Crippen LogP contribution in [-0.4, -0.2) is 114 Å². The third-order valence-electron chi connectivity index (χ3n) is 13.9. The van der Waals surface area contributed by atoms with Crippen LogP contribution in [0.4, 0.5) is 11.4 Å². The summed E-state index contributed by atoms with van der Waals surface area (Å²) in [6, 6.07) is 20.1. The van der Waals surface area contributed by atoms with Gasteiger partial charge in [0, 0.05) is 106 Å². The van der Waals surface area contributed by atoms with Gasteiger partial charge in [-0.05, 0) is 92.6 Å². The second-order valence-electron chi connectivity index (χ2n) is 17.7. The first-order valence-corrected chi connectivity index (χ1v) is 21.3. The molecule has 5 amide bonds. The van der Waals surface area contributed by atoms with Crippen molar-refractivity contribution >= 4 is 52.5 Å². The monoisotopic (exact) mass is 815 g/mol. The number of ether oxygens (including phenoxy) is 1. The topological polar surface area (TPSA) is 147 Å². The number of benzene rings is 3. The fraction of sp³-hybridized carbons (Fsp3) is 0.467. The maximum atomic E-state index is 13.8. The smallest absolute Gasteiger partial charge is 0.262 e. The van der Waals surface area contributed by atoms with Gasteiger partial charge in [-0.1, -0.05) is 11.6 Å². The van der Waals surface area contributed by atoms with Crippen molar-refractivity contribution in [3.63, 3.8) is 0 Å². The van der Waals surface area contributed by atoms with Crippen molar-refractivity contribution < 1.29 is 28.7 Å². The molecule has 6 fully saturated rings. The molecule has 6 heterocycles. The van der Waals surface area contributed by atoms with Crippen LogP contribution in [0.25, 0.3) is 0 Å². The van der Waals surface area contributed by atoms with Crippen molar-refractivity contribution in [1.82, 2.24) is 20.0 Å². The van der Waals surface area contributed by atoms with Gasteiger partial charge in [0.2, 0.25) is 11.8 Å². The number of amides is 5. The van der Waals surface area contributed by atoms with Crippen LogP contribution in [0.5, 0.6) is 5.75 Å². The number of rotatable bonds is 8. The quantitative estimate of drug-likeness (QED) is 0.313. The minimum atomic E-state index is -0.961. The maximum Gasteiger partial charge on any atom is 0.262 e. The van der Waals surface area contributed by atoms with E-state index in [0.29, 0.717) is 38.8 Å². The molecule has 4 atom stereocenters. The third kappa shape index (κ3) is 6.80. The summed E-state index contributed by atoms with van der Waals surface area (Å²) >= 11 is 6.23. The van der Waals surface area contributed by atoms with E-state index in [2.05, 4.69) is 43.1 Å². The molecule has 2 bridgehead atoms. The molecule has 0 radical (unpaired) electrons. The van der Waals surface area contributed by atoms with E-state index in [1.54, 1.807) is 30.3 Å². The van der Waals surface area contributed by atoms with E-state index < -0.39 is 23.8 Å². The van der Waals surface area contributed by atoms with Crippen molar-refractivity contribution in [2.45, 2.75) is 75.6 Å². The Morgan fingerprint density at radius 3 is 2.20 bits per heavy atom. The van der Waals surface area contributed by atoms with Gasteiger partial charge < -0.3 is 19.4 Å². The average molecular weight is 816 g/mol. The van der Waals surface area contributed by atoms with E-state index in [1.807, 2.05) is 18.2 Å². The number of piperazine rings is 1. The summed E-state index contributed by atoms with van der Waals surface area (Å²) in [4.78, 5) is 74.6. The van der Waals surface area contributed by atoms with E-state index in [-0.39, 0.29) is 42.8 Å². The molecule has 1 spiro atoms. The standard InChI is InChI=1S/C45H46ClN7O6/c46-38-20-34(9-3-29(38)23-47)59-35-17-32-6-7-33(18-35)52(32)42(56)28-1-4-30(5-2-28)50-15-13-49(14-16-50)24-27-21-45(22-27)25-51(26-45)31-8-10-36-37(19-31)44(58)53(43(36)57)39-11-12-40(54)48-41(39)55/h1-5,8-10,19-20,27,32-33,35,39H,6-7,11-18,21-22,24-26H2,(H,48,54,55)/t32-,33+,35?,39?. The summed E-state index contributed by atoms with van der Waals surface area (Å²) in [7, 11) is 0. The van der Waals surface area contributed by atoms with E-state index in [1.165, 1.54) is 12.8 Å². The number of hydrogen-bond acceptors (Lipinski definition) is 10. The minimum Gasteiger partial charge on any atom is -0.490 e. The lowest BCUT2D eigenvalue weighted by Crippen LogP contribution is -2.64. The number of halogens is 1.